The number of aromatic nitrogens is 1. The first-order chi connectivity index (χ1) is 9.34. The zero-order chi connectivity index (χ0) is 12.8. The third kappa shape index (κ3) is 1.53. The number of aryl methyl sites for hydroxylation is 1. The van der Waals surface area contributed by atoms with Gasteiger partial charge in [-0.05, 0) is 42.1 Å². The molecule has 0 saturated carbocycles. The highest BCUT2D eigenvalue weighted by Gasteiger charge is 2.11. The van der Waals surface area contributed by atoms with Crippen molar-refractivity contribution in [3.05, 3.63) is 65.5 Å². The Labute approximate surface area is 115 Å². The molecular weight excluding hydrogens is 250 g/mol. The number of para-hydroxylation sites is 1. The normalized spacial score (nSPS) is 11.4. The molecule has 0 unspecified atom stereocenters. The van der Waals surface area contributed by atoms with Crippen molar-refractivity contribution in [3.63, 3.8) is 0 Å². The van der Waals surface area contributed by atoms with Gasteiger partial charge in [-0.15, -0.1) is 11.3 Å². The Bertz CT molecular complexity index is 869. The second-order valence-corrected chi connectivity index (χ2v) is 5.75. The minimum absolute atomic E-state index is 1.27. The molecule has 2 aromatic heterocycles. The average Bonchev–Trinajstić information content (AvgIpc) is 3.03. The van der Waals surface area contributed by atoms with E-state index in [1.54, 1.807) is 11.3 Å². The average molecular weight is 263 g/mol. The van der Waals surface area contributed by atoms with E-state index in [4.69, 9.17) is 0 Å². The van der Waals surface area contributed by atoms with Gasteiger partial charge in [-0.1, -0.05) is 30.3 Å². The van der Waals surface area contributed by atoms with Crippen molar-refractivity contribution in [2.75, 3.05) is 0 Å². The molecule has 0 saturated heterocycles. The number of rotatable bonds is 1. The van der Waals surface area contributed by atoms with Gasteiger partial charge in [-0.3, -0.25) is 0 Å². The summed E-state index contributed by atoms with van der Waals surface area (Å²) in [4.78, 5) is 0. The molecule has 2 heterocycles. The molecule has 0 spiro atoms. The van der Waals surface area contributed by atoms with Crippen molar-refractivity contribution >= 4 is 33.1 Å². The predicted octanol–water partition coefficient (Wildman–Crippen LogP) is 5.15. The number of hydrogen-bond donors (Lipinski definition) is 0. The Kier molecular flexibility index (Phi) is 2.26. The maximum absolute atomic E-state index is 2.36. The molecule has 2 heteroatoms. The maximum atomic E-state index is 2.36. The molecule has 19 heavy (non-hydrogen) atoms. The minimum atomic E-state index is 1.27. The van der Waals surface area contributed by atoms with Crippen molar-refractivity contribution in [3.8, 4) is 5.00 Å². The van der Waals surface area contributed by atoms with Gasteiger partial charge in [0.2, 0.25) is 0 Å². The second-order valence-electron chi connectivity index (χ2n) is 4.82. The molecule has 0 atom stereocenters. The molecule has 0 aliphatic heterocycles. The van der Waals surface area contributed by atoms with Crippen LogP contribution in [0.25, 0.3) is 26.8 Å². The van der Waals surface area contributed by atoms with E-state index < -0.39 is 0 Å². The first kappa shape index (κ1) is 10.8. The van der Waals surface area contributed by atoms with Crippen molar-refractivity contribution in [1.29, 1.82) is 0 Å². The van der Waals surface area contributed by atoms with Gasteiger partial charge in [-0.2, -0.15) is 0 Å². The smallest absolute Gasteiger partial charge is 0.0999 e. The molecule has 0 amide bonds. The predicted molar refractivity (Wildman–Crippen MR) is 83.4 cm³/mol. The summed E-state index contributed by atoms with van der Waals surface area (Å²) >= 11 is 1.78. The fourth-order valence-corrected chi connectivity index (χ4v) is 3.47. The van der Waals surface area contributed by atoms with Gasteiger partial charge < -0.3 is 4.57 Å². The monoisotopic (exact) mass is 263 g/mol. The van der Waals surface area contributed by atoms with Crippen LogP contribution in [0, 0.1) is 6.92 Å². The fourth-order valence-electron chi connectivity index (χ4n) is 2.72. The Balaban J connectivity index is 2.27. The molecule has 92 valence electrons. The maximum Gasteiger partial charge on any atom is 0.0999 e. The van der Waals surface area contributed by atoms with Crippen molar-refractivity contribution in [2.45, 2.75) is 6.92 Å². The van der Waals surface area contributed by atoms with Crippen LogP contribution in [0.1, 0.15) is 5.56 Å². The van der Waals surface area contributed by atoms with Gasteiger partial charge in [0.25, 0.3) is 0 Å². The third-order valence-electron chi connectivity index (χ3n) is 3.56. The van der Waals surface area contributed by atoms with E-state index >= 15 is 0 Å². The topological polar surface area (TPSA) is 4.93 Å². The van der Waals surface area contributed by atoms with Gasteiger partial charge in [0.05, 0.1) is 16.0 Å². The van der Waals surface area contributed by atoms with Crippen LogP contribution in [-0.4, -0.2) is 4.57 Å². The van der Waals surface area contributed by atoms with Crippen LogP contribution in [0.4, 0.5) is 0 Å². The third-order valence-corrected chi connectivity index (χ3v) is 4.41. The van der Waals surface area contributed by atoms with Gasteiger partial charge in [0.1, 0.15) is 0 Å². The largest absolute Gasteiger partial charge is 0.301 e. The summed E-state index contributed by atoms with van der Waals surface area (Å²) in [5.41, 5.74) is 3.88. The van der Waals surface area contributed by atoms with E-state index in [1.807, 2.05) is 0 Å². The van der Waals surface area contributed by atoms with Gasteiger partial charge in [0.15, 0.2) is 0 Å². The first-order valence-electron chi connectivity index (χ1n) is 6.38. The van der Waals surface area contributed by atoms with Crippen LogP contribution in [-0.2, 0) is 0 Å². The van der Waals surface area contributed by atoms with Gasteiger partial charge in [-0.25, -0.2) is 0 Å². The standard InChI is InChI=1S/C17H13NS/c1-12-8-9-14-13-5-2-3-6-15(13)18(16(14)11-12)17-7-4-10-19-17/h2-11H,1H3. The fraction of sp³-hybridized carbons (Fsp3) is 0.0588. The van der Waals surface area contributed by atoms with E-state index in [1.165, 1.54) is 32.4 Å². The molecule has 0 fully saturated rings. The van der Waals surface area contributed by atoms with E-state index in [2.05, 4.69) is 71.5 Å². The number of thiophene rings is 1. The number of benzene rings is 2. The van der Waals surface area contributed by atoms with Gasteiger partial charge >= 0.3 is 0 Å². The lowest BCUT2D eigenvalue weighted by Crippen LogP contribution is -1.89. The molecule has 4 rings (SSSR count). The Morgan fingerprint density at radius 1 is 0.842 bits per heavy atom. The zero-order valence-corrected chi connectivity index (χ0v) is 11.4. The van der Waals surface area contributed by atoms with Crippen LogP contribution in [0.3, 0.4) is 0 Å². The van der Waals surface area contributed by atoms with Crippen molar-refractivity contribution in [1.82, 2.24) is 4.57 Å². The Morgan fingerprint density at radius 2 is 1.68 bits per heavy atom. The van der Waals surface area contributed by atoms with Crippen LogP contribution in [0.15, 0.2) is 60.0 Å². The molecule has 0 bridgehead atoms. The number of hydrogen-bond acceptors (Lipinski definition) is 1. The summed E-state index contributed by atoms with van der Waals surface area (Å²) in [5.74, 6) is 0. The molecule has 0 aliphatic carbocycles. The van der Waals surface area contributed by atoms with E-state index in [-0.39, 0.29) is 0 Å². The summed E-state index contributed by atoms with van der Waals surface area (Å²) in [6, 6.07) is 19.6. The summed E-state index contributed by atoms with van der Waals surface area (Å²) in [6.45, 7) is 2.15. The summed E-state index contributed by atoms with van der Waals surface area (Å²) < 4.78 is 2.36. The lowest BCUT2D eigenvalue weighted by atomic mass is 10.1. The molecule has 1 nitrogen and oxygen atoms in total. The lowest BCUT2D eigenvalue weighted by Gasteiger charge is -2.04. The minimum Gasteiger partial charge on any atom is -0.301 e. The highest BCUT2D eigenvalue weighted by atomic mass is 32.1. The van der Waals surface area contributed by atoms with Crippen LogP contribution < -0.4 is 0 Å². The highest BCUT2D eigenvalue weighted by molar-refractivity contribution is 7.12. The van der Waals surface area contributed by atoms with Crippen molar-refractivity contribution in [2.24, 2.45) is 0 Å². The molecule has 0 radical (unpaired) electrons. The summed E-state index contributed by atoms with van der Waals surface area (Å²) in [5, 5.41) is 6.06. The Morgan fingerprint density at radius 3 is 2.53 bits per heavy atom. The molecule has 2 aromatic carbocycles. The van der Waals surface area contributed by atoms with E-state index in [0.29, 0.717) is 0 Å². The Hall–Kier alpha value is -2.06. The van der Waals surface area contributed by atoms with E-state index in [9.17, 15) is 0 Å². The van der Waals surface area contributed by atoms with E-state index in [0.717, 1.165) is 0 Å². The first-order valence-corrected chi connectivity index (χ1v) is 7.26. The molecule has 4 aromatic rings. The number of fused-ring (bicyclic) bond motifs is 3. The molecule has 0 N–H and O–H groups in total. The van der Waals surface area contributed by atoms with Crippen LogP contribution >= 0.6 is 11.3 Å². The second kappa shape index (κ2) is 3.97. The lowest BCUT2D eigenvalue weighted by molar-refractivity contribution is 1.22. The van der Waals surface area contributed by atoms with Gasteiger partial charge in [0, 0.05) is 10.8 Å². The quantitative estimate of drug-likeness (QED) is 0.447. The summed E-state index contributed by atoms with van der Waals surface area (Å²) in [7, 11) is 0. The summed E-state index contributed by atoms with van der Waals surface area (Å²) in [6.07, 6.45) is 0. The highest BCUT2D eigenvalue weighted by Crippen LogP contribution is 2.33. The number of nitrogens with zero attached hydrogens (tertiary/aromatic N) is 1. The van der Waals surface area contributed by atoms with Crippen molar-refractivity contribution < 1.29 is 0 Å². The van der Waals surface area contributed by atoms with Crippen LogP contribution in [0.5, 0.6) is 0 Å². The molecular formula is C17H13NS. The molecule has 0 aliphatic rings. The SMILES string of the molecule is Cc1ccc2c3ccccc3n(-c3cccs3)c2c1. The van der Waals surface area contributed by atoms with Crippen LogP contribution in [0.2, 0.25) is 0 Å². The zero-order valence-electron chi connectivity index (χ0n) is 10.6.